The van der Waals surface area contributed by atoms with Crippen LogP contribution in [0.3, 0.4) is 0 Å². The van der Waals surface area contributed by atoms with Crippen molar-refractivity contribution in [2.75, 3.05) is 0 Å². The lowest BCUT2D eigenvalue weighted by atomic mass is 10.4. The van der Waals surface area contributed by atoms with Crippen LogP contribution in [0.25, 0.3) is 11.3 Å². The van der Waals surface area contributed by atoms with E-state index in [0.29, 0.717) is 0 Å². The molecule has 4 aromatic heterocycles. The number of carbonyl (C=O) groups is 3. The van der Waals surface area contributed by atoms with Gasteiger partial charge in [-0.3, -0.25) is 14.4 Å². The van der Waals surface area contributed by atoms with Crippen LogP contribution in [-0.4, -0.2) is 77.6 Å². The highest BCUT2D eigenvalue weighted by atomic mass is 16.3. The van der Waals surface area contributed by atoms with Crippen LogP contribution in [0.2, 0.25) is 0 Å². The van der Waals surface area contributed by atoms with Crippen molar-refractivity contribution in [1.82, 2.24) is 48.8 Å². The smallest absolute Gasteiger partial charge is 0.352 e. The molecule has 170 valence electrons. The molecule has 4 heterocycles. The molecule has 7 N–H and O–H groups in total. The molecule has 0 fully saturated rings. The molecule has 0 unspecified atom stereocenters. The molecule has 0 aliphatic rings. The Morgan fingerprint density at radius 2 is 1.19 bits per heavy atom. The van der Waals surface area contributed by atoms with Crippen LogP contribution in [0.15, 0.2) is 22.2 Å². The molecule has 0 radical (unpaired) electrons. The van der Waals surface area contributed by atoms with Gasteiger partial charge in [0, 0.05) is 14.1 Å². The first kappa shape index (κ1) is 25.0. The van der Waals surface area contributed by atoms with Crippen LogP contribution in [0.5, 0.6) is 0 Å². The normalized spacial score (nSPS) is 9.69. The number of fused-ring (bicyclic) bond motifs is 2. The van der Waals surface area contributed by atoms with Gasteiger partial charge in [0.15, 0.2) is 22.7 Å². The van der Waals surface area contributed by atoms with E-state index in [1.165, 1.54) is 26.7 Å². The zero-order valence-corrected chi connectivity index (χ0v) is 16.3. The van der Waals surface area contributed by atoms with Gasteiger partial charge in [-0.1, -0.05) is 10.4 Å². The van der Waals surface area contributed by atoms with Gasteiger partial charge in [0.1, 0.15) is 12.7 Å². The van der Waals surface area contributed by atoms with Crippen molar-refractivity contribution in [3.63, 3.8) is 0 Å². The lowest BCUT2D eigenvalue weighted by molar-refractivity contribution is -0.122. The summed E-state index contributed by atoms with van der Waals surface area (Å²) in [5.74, 6) is -1.48. The molecule has 19 nitrogen and oxygen atoms in total. The number of nitrogens with zero attached hydrogens (tertiary/aromatic N) is 10. The molecule has 4 aromatic rings. The topological polar surface area (TPSA) is 285 Å². The van der Waals surface area contributed by atoms with E-state index in [4.69, 9.17) is 21.4 Å². The molecule has 0 spiro atoms. The number of aromatic nitrogens is 10. The molecule has 0 bridgehead atoms. The third-order valence-electron chi connectivity index (χ3n) is 3.46. The Balaban J connectivity index is 0.000000278. The van der Waals surface area contributed by atoms with Crippen molar-refractivity contribution in [2.24, 2.45) is 25.6 Å². The third kappa shape index (κ3) is 4.73. The first-order chi connectivity index (χ1) is 14.6. The molecule has 4 rings (SSSR count). The Morgan fingerprint density at radius 1 is 0.875 bits per heavy atom. The molecule has 0 aliphatic heterocycles. The summed E-state index contributed by atoms with van der Waals surface area (Å²) in [5.41, 5.74) is 9.19. The fourth-order valence-electron chi connectivity index (χ4n) is 2.11. The number of carboxylic acid groups (broad SMARTS) is 1. The molecule has 32 heavy (non-hydrogen) atoms. The van der Waals surface area contributed by atoms with Crippen molar-refractivity contribution < 1.29 is 25.0 Å². The van der Waals surface area contributed by atoms with Crippen molar-refractivity contribution in [2.45, 2.75) is 0 Å². The van der Waals surface area contributed by atoms with Crippen LogP contribution in [0.4, 0.5) is 0 Å². The van der Waals surface area contributed by atoms with Crippen molar-refractivity contribution in [3.8, 4) is 0 Å². The second kappa shape index (κ2) is 10.1. The molecule has 0 saturated carbocycles. The summed E-state index contributed by atoms with van der Waals surface area (Å²) in [4.78, 5) is 60.2. The Labute approximate surface area is 174 Å². The molecular formula is C13H16N12O7. The lowest BCUT2D eigenvalue weighted by Crippen LogP contribution is -2.27. The van der Waals surface area contributed by atoms with Crippen molar-refractivity contribution in [1.29, 1.82) is 0 Å². The van der Waals surface area contributed by atoms with Gasteiger partial charge in [0.05, 0.1) is 0 Å². The molecule has 0 aromatic carbocycles. The number of aryl methyl sites for hydroxylation is 2. The SMILES string of the molecule is Cn1nnc2c(C(N)=O)ncn2c1=O.Cn1nnc2c(C(N)=O)ncn2c1=O.O.O=CO. The van der Waals surface area contributed by atoms with E-state index in [-0.39, 0.29) is 34.6 Å². The lowest BCUT2D eigenvalue weighted by Gasteiger charge is -1.95. The van der Waals surface area contributed by atoms with Gasteiger partial charge in [-0.05, 0) is 0 Å². The highest BCUT2D eigenvalue weighted by Gasteiger charge is 2.14. The Hall–Kier alpha value is -5.07. The fraction of sp³-hybridized carbons (Fsp3) is 0.154. The van der Waals surface area contributed by atoms with Crippen LogP contribution in [0.1, 0.15) is 21.0 Å². The minimum atomic E-state index is -0.741. The molecular weight excluding hydrogens is 436 g/mol. The summed E-state index contributed by atoms with van der Waals surface area (Å²) in [7, 11) is 2.89. The molecule has 19 heteroatoms. The fourth-order valence-corrected chi connectivity index (χ4v) is 2.11. The summed E-state index contributed by atoms with van der Waals surface area (Å²) in [6, 6.07) is 0. The van der Waals surface area contributed by atoms with Crippen molar-refractivity contribution >= 4 is 29.6 Å². The number of carbonyl (C=O) groups excluding carboxylic acids is 2. The van der Waals surface area contributed by atoms with E-state index >= 15 is 0 Å². The Morgan fingerprint density at radius 3 is 1.47 bits per heavy atom. The zero-order chi connectivity index (χ0) is 23.3. The first-order valence-corrected chi connectivity index (χ1v) is 7.85. The van der Waals surface area contributed by atoms with Gasteiger partial charge in [0.25, 0.3) is 18.3 Å². The maximum Gasteiger partial charge on any atom is 0.352 e. The average molecular weight is 452 g/mol. The highest BCUT2D eigenvalue weighted by Crippen LogP contribution is 2.01. The number of hydrogen-bond acceptors (Lipinski definition) is 11. The zero-order valence-electron chi connectivity index (χ0n) is 16.3. The summed E-state index contributed by atoms with van der Waals surface area (Å²) >= 11 is 0. The monoisotopic (exact) mass is 452 g/mol. The molecule has 0 atom stereocenters. The third-order valence-corrected chi connectivity index (χ3v) is 3.46. The van der Waals surface area contributed by atoms with Gasteiger partial charge in [-0.2, -0.15) is 9.36 Å². The maximum absolute atomic E-state index is 11.4. The number of primary amides is 2. The quantitative estimate of drug-likeness (QED) is 0.240. The largest absolute Gasteiger partial charge is 0.483 e. The van der Waals surface area contributed by atoms with Gasteiger partial charge < -0.3 is 22.1 Å². The van der Waals surface area contributed by atoms with Crippen LogP contribution in [0, 0.1) is 0 Å². The average Bonchev–Trinajstić information content (AvgIpc) is 3.34. The Bertz CT molecular complexity index is 1290. The van der Waals surface area contributed by atoms with E-state index in [1.54, 1.807) is 0 Å². The van der Waals surface area contributed by atoms with E-state index < -0.39 is 23.2 Å². The second-order valence-electron chi connectivity index (χ2n) is 5.40. The van der Waals surface area contributed by atoms with E-state index in [2.05, 4.69) is 30.6 Å². The second-order valence-corrected chi connectivity index (χ2v) is 5.40. The number of imidazole rings is 2. The maximum atomic E-state index is 11.4. The summed E-state index contributed by atoms with van der Waals surface area (Å²) in [6.07, 6.45) is 2.37. The van der Waals surface area contributed by atoms with Crippen molar-refractivity contribution in [3.05, 3.63) is 45.0 Å². The minimum Gasteiger partial charge on any atom is -0.483 e. The number of rotatable bonds is 2. The summed E-state index contributed by atoms with van der Waals surface area (Å²) < 4.78 is 4.26. The summed E-state index contributed by atoms with van der Waals surface area (Å²) in [5, 5.41) is 21.2. The number of hydrogen-bond donors (Lipinski definition) is 3. The predicted octanol–water partition coefficient (Wildman–Crippen LogP) is -5.28. The predicted molar refractivity (Wildman–Crippen MR) is 101 cm³/mol. The number of amides is 2. The highest BCUT2D eigenvalue weighted by molar-refractivity contribution is 5.97. The van der Waals surface area contributed by atoms with Gasteiger partial charge in [0.2, 0.25) is 0 Å². The van der Waals surface area contributed by atoms with Gasteiger partial charge in [-0.25, -0.2) is 28.4 Å². The van der Waals surface area contributed by atoms with E-state index in [9.17, 15) is 19.2 Å². The summed E-state index contributed by atoms with van der Waals surface area (Å²) in [6.45, 7) is -0.250. The van der Waals surface area contributed by atoms with Crippen LogP contribution < -0.4 is 22.8 Å². The van der Waals surface area contributed by atoms with E-state index in [0.717, 1.165) is 18.2 Å². The van der Waals surface area contributed by atoms with Gasteiger partial charge in [-0.15, -0.1) is 10.2 Å². The van der Waals surface area contributed by atoms with Gasteiger partial charge >= 0.3 is 11.4 Å². The standard InChI is InChI=1S/2C6H6N6O2.CH2O2.H2O/c2*1-11-6(14)12-2-8-3(4(7)13)5(12)9-10-11;2-1-3;/h2*2H,1H3,(H2,7,13);1H,(H,2,3);1H2. The van der Waals surface area contributed by atoms with Crippen LogP contribution >= 0.6 is 0 Å². The minimum absolute atomic E-state index is 0. The molecule has 0 saturated heterocycles. The van der Waals surface area contributed by atoms with E-state index in [1.807, 2.05) is 0 Å². The molecule has 0 aliphatic carbocycles. The van der Waals surface area contributed by atoms with Crippen LogP contribution in [-0.2, 0) is 18.9 Å². The molecule has 2 amide bonds. The first-order valence-electron chi connectivity index (χ1n) is 7.85. The Kier molecular flexibility index (Phi) is 7.89. The number of nitrogens with two attached hydrogens (primary N) is 2.